The highest BCUT2D eigenvalue weighted by Gasteiger charge is 2.09. The minimum atomic E-state index is -0.565. The molecule has 0 fully saturated rings. The minimum Gasteiger partial charge on any atom is -0.481 e. The monoisotopic (exact) mass is 254 g/mol. The third kappa shape index (κ3) is 4.61. The molecule has 1 aromatic carbocycles. The van der Waals surface area contributed by atoms with Crippen LogP contribution in [0.15, 0.2) is 18.2 Å². The zero-order valence-electron chi connectivity index (χ0n) is 10.7. The van der Waals surface area contributed by atoms with Crippen molar-refractivity contribution < 1.29 is 13.9 Å². The average Bonchev–Trinajstić information content (AvgIpc) is 2.28. The molecule has 0 spiro atoms. The molecule has 0 aliphatic heterocycles. The number of hydrogen-bond donors (Lipinski definition) is 2. The number of anilines is 1. The van der Waals surface area contributed by atoms with Crippen LogP contribution in [0.5, 0.6) is 5.75 Å². The third-order valence-corrected chi connectivity index (χ3v) is 2.44. The number of ether oxygens (including phenoxy) is 1. The highest BCUT2D eigenvalue weighted by molar-refractivity contribution is 5.77. The van der Waals surface area contributed by atoms with E-state index in [1.807, 2.05) is 13.8 Å². The van der Waals surface area contributed by atoms with Gasteiger partial charge in [0.1, 0.15) is 0 Å². The predicted octanol–water partition coefficient (Wildman–Crippen LogP) is 2.09. The minimum absolute atomic E-state index is 0.0301. The van der Waals surface area contributed by atoms with Crippen molar-refractivity contribution in [3.05, 3.63) is 24.0 Å². The summed E-state index contributed by atoms with van der Waals surface area (Å²) in [5, 5.41) is 2.77. The number of nitrogens with two attached hydrogens (primary N) is 1. The van der Waals surface area contributed by atoms with Gasteiger partial charge >= 0.3 is 0 Å². The molecule has 0 heterocycles. The van der Waals surface area contributed by atoms with Crippen LogP contribution in [0, 0.1) is 5.82 Å². The second-order valence-corrected chi connectivity index (χ2v) is 4.24. The van der Waals surface area contributed by atoms with E-state index in [0.29, 0.717) is 5.69 Å². The topological polar surface area (TPSA) is 64.3 Å². The molecule has 5 heteroatoms. The summed E-state index contributed by atoms with van der Waals surface area (Å²) in [6.45, 7) is 3.77. The molecule has 0 bridgehead atoms. The first-order valence-corrected chi connectivity index (χ1v) is 6.00. The van der Waals surface area contributed by atoms with E-state index in [-0.39, 0.29) is 24.3 Å². The van der Waals surface area contributed by atoms with Crippen LogP contribution in [0.3, 0.4) is 0 Å². The van der Waals surface area contributed by atoms with E-state index in [2.05, 4.69) is 5.32 Å². The SMILES string of the molecule is CCCC(C)NC(=O)COc1ccc(N)cc1F. The van der Waals surface area contributed by atoms with Gasteiger partial charge in [-0.25, -0.2) is 4.39 Å². The molecule has 1 amide bonds. The van der Waals surface area contributed by atoms with Crippen molar-refractivity contribution in [2.45, 2.75) is 32.7 Å². The lowest BCUT2D eigenvalue weighted by Gasteiger charge is -2.13. The zero-order chi connectivity index (χ0) is 13.5. The molecule has 0 radical (unpaired) electrons. The number of hydrogen-bond acceptors (Lipinski definition) is 3. The number of carbonyl (C=O) groups is 1. The Kier molecular flexibility index (Phi) is 5.42. The maximum atomic E-state index is 13.3. The first kappa shape index (κ1) is 14.3. The van der Waals surface area contributed by atoms with Crippen LogP contribution in [0.2, 0.25) is 0 Å². The first-order valence-electron chi connectivity index (χ1n) is 6.00. The van der Waals surface area contributed by atoms with Gasteiger partial charge < -0.3 is 15.8 Å². The van der Waals surface area contributed by atoms with E-state index >= 15 is 0 Å². The van der Waals surface area contributed by atoms with Gasteiger partial charge in [0.2, 0.25) is 0 Å². The lowest BCUT2D eigenvalue weighted by molar-refractivity contribution is -0.123. The molecule has 1 aromatic rings. The summed E-state index contributed by atoms with van der Waals surface area (Å²) >= 11 is 0. The Morgan fingerprint density at radius 2 is 2.28 bits per heavy atom. The van der Waals surface area contributed by atoms with Crippen LogP contribution in [-0.2, 0) is 4.79 Å². The van der Waals surface area contributed by atoms with Crippen molar-refractivity contribution in [2.24, 2.45) is 0 Å². The summed E-state index contributed by atoms with van der Waals surface area (Å²) in [5.74, 6) is -0.793. The number of benzene rings is 1. The average molecular weight is 254 g/mol. The maximum absolute atomic E-state index is 13.3. The Bertz CT molecular complexity index is 410. The fraction of sp³-hybridized carbons (Fsp3) is 0.462. The van der Waals surface area contributed by atoms with E-state index in [0.717, 1.165) is 18.9 Å². The Balaban J connectivity index is 2.42. The molecule has 0 aromatic heterocycles. The van der Waals surface area contributed by atoms with Crippen LogP contribution in [0.25, 0.3) is 0 Å². The van der Waals surface area contributed by atoms with Crippen molar-refractivity contribution in [1.82, 2.24) is 5.32 Å². The first-order chi connectivity index (χ1) is 8.52. The molecule has 0 aliphatic carbocycles. The lowest BCUT2D eigenvalue weighted by atomic mass is 10.2. The van der Waals surface area contributed by atoms with Crippen molar-refractivity contribution in [3.63, 3.8) is 0 Å². The second-order valence-electron chi connectivity index (χ2n) is 4.24. The smallest absolute Gasteiger partial charge is 0.258 e. The molecule has 3 N–H and O–H groups in total. The van der Waals surface area contributed by atoms with Crippen molar-refractivity contribution >= 4 is 11.6 Å². The third-order valence-electron chi connectivity index (χ3n) is 2.44. The molecule has 0 aliphatic rings. The Labute approximate surface area is 106 Å². The summed E-state index contributed by atoms with van der Waals surface area (Å²) in [5.41, 5.74) is 5.73. The Hall–Kier alpha value is -1.78. The van der Waals surface area contributed by atoms with E-state index in [1.165, 1.54) is 12.1 Å². The standard InChI is InChI=1S/C13H19FN2O2/c1-3-4-9(2)16-13(17)8-18-12-6-5-10(15)7-11(12)14/h5-7,9H,3-4,8,15H2,1-2H3,(H,16,17). The Morgan fingerprint density at radius 1 is 1.56 bits per heavy atom. The molecule has 4 nitrogen and oxygen atoms in total. The summed E-state index contributed by atoms with van der Waals surface area (Å²) < 4.78 is 18.4. The normalized spacial score (nSPS) is 11.9. The summed E-state index contributed by atoms with van der Waals surface area (Å²) in [7, 11) is 0. The predicted molar refractivity (Wildman–Crippen MR) is 68.8 cm³/mol. The van der Waals surface area contributed by atoms with Crippen molar-refractivity contribution in [3.8, 4) is 5.75 Å². The number of amides is 1. The summed E-state index contributed by atoms with van der Waals surface area (Å²) in [6, 6.07) is 4.19. The van der Waals surface area contributed by atoms with Gasteiger partial charge in [0, 0.05) is 17.8 Å². The second kappa shape index (κ2) is 6.83. The molecular formula is C13H19FN2O2. The zero-order valence-corrected chi connectivity index (χ0v) is 10.7. The molecular weight excluding hydrogens is 235 g/mol. The molecule has 1 unspecified atom stereocenters. The van der Waals surface area contributed by atoms with E-state index < -0.39 is 5.82 Å². The van der Waals surface area contributed by atoms with Gasteiger partial charge in [-0.1, -0.05) is 13.3 Å². The number of carbonyl (C=O) groups excluding carboxylic acids is 1. The number of nitrogens with one attached hydrogen (secondary N) is 1. The van der Waals surface area contributed by atoms with Gasteiger partial charge in [-0.2, -0.15) is 0 Å². The molecule has 0 saturated heterocycles. The van der Waals surface area contributed by atoms with E-state index in [9.17, 15) is 9.18 Å². The van der Waals surface area contributed by atoms with Gasteiger partial charge in [-0.05, 0) is 25.5 Å². The van der Waals surface area contributed by atoms with E-state index in [1.54, 1.807) is 0 Å². The number of nitrogen functional groups attached to an aromatic ring is 1. The van der Waals surface area contributed by atoms with Gasteiger partial charge in [-0.15, -0.1) is 0 Å². The lowest BCUT2D eigenvalue weighted by Crippen LogP contribution is -2.36. The fourth-order valence-corrected chi connectivity index (χ4v) is 1.60. The van der Waals surface area contributed by atoms with E-state index in [4.69, 9.17) is 10.5 Å². The quantitative estimate of drug-likeness (QED) is 0.764. The fourth-order valence-electron chi connectivity index (χ4n) is 1.60. The summed E-state index contributed by atoms with van der Waals surface area (Å²) in [4.78, 5) is 11.5. The van der Waals surface area contributed by atoms with Gasteiger partial charge in [0.15, 0.2) is 18.2 Å². The summed E-state index contributed by atoms with van der Waals surface area (Å²) in [6.07, 6.45) is 1.90. The number of rotatable bonds is 6. The van der Waals surface area contributed by atoms with Crippen LogP contribution >= 0.6 is 0 Å². The Morgan fingerprint density at radius 3 is 2.89 bits per heavy atom. The molecule has 0 saturated carbocycles. The van der Waals surface area contributed by atoms with Gasteiger partial charge in [0.25, 0.3) is 5.91 Å². The van der Waals surface area contributed by atoms with Gasteiger partial charge in [0.05, 0.1) is 0 Å². The number of halogens is 1. The molecule has 18 heavy (non-hydrogen) atoms. The van der Waals surface area contributed by atoms with Crippen LogP contribution in [0.4, 0.5) is 10.1 Å². The van der Waals surface area contributed by atoms with Crippen molar-refractivity contribution in [1.29, 1.82) is 0 Å². The largest absolute Gasteiger partial charge is 0.481 e. The van der Waals surface area contributed by atoms with Gasteiger partial charge in [-0.3, -0.25) is 4.79 Å². The highest BCUT2D eigenvalue weighted by atomic mass is 19.1. The molecule has 1 rings (SSSR count). The molecule has 1 atom stereocenters. The highest BCUT2D eigenvalue weighted by Crippen LogP contribution is 2.19. The van der Waals surface area contributed by atoms with Crippen LogP contribution in [-0.4, -0.2) is 18.6 Å². The maximum Gasteiger partial charge on any atom is 0.258 e. The van der Waals surface area contributed by atoms with Crippen LogP contribution < -0.4 is 15.8 Å². The molecule has 100 valence electrons. The van der Waals surface area contributed by atoms with Crippen LogP contribution in [0.1, 0.15) is 26.7 Å². The van der Waals surface area contributed by atoms with Crippen molar-refractivity contribution in [2.75, 3.05) is 12.3 Å².